The second kappa shape index (κ2) is 4.26. The molecule has 1 rings (SSSR count). The van der Waals surface area contributed by atoms with Gasteiger partial charge in [-0.2, -0.15) is 8.78 Å². The van der Waals surface area contributed by atoms with Crippen LogP contribution in [-0.2, 0) is 9.84 Å². The summed E-state index contributed by atoms with van der Waals surface area (Å²) < 4.78 is 46.5. The lowest BCUT2D eigenvalue weighted by atomic mass is 10.0. The van der Waals surface area contributed by atoms with Crippen LogP contribution in [-0.4, -0.2) is 14.2 Å². The number of hydrogen-bond acceptors (Lipinski definition) is 2. The lowest BCUT2D eigenvalue weighted by Crippen LogP contribution is -2.11. The third-order valence-electron chi connectivity index (χ3n) is 2.11. The average molecular weight is 234 g/mol. The van der Waals surface area contributed by atoms with Crippen LogP contribution < -0.4 is 0 Å². The molecule has 0 radical (unpaired) electrons. The third kappa shape index (κ3) is 2.53. The van der Waals surface area contributed by atoms with Crippen molar-refractivity contribution in [2.75, 3.05) is 0 Å². The molecular formula is C10H12F2O2S. The number of benzene rings is 1. The summed E-state index contributed by atoms with van der Waals surface area (Å²) in [6.07, 6.45) is 0. The topological polar surface area (TPSA) is 34.1 Å². The number of halogens is 2. The second-order valence-electron chi connectivity index (χ2n) is 3.53. The van der Waals surface area contributed by atoms with Gasteiger partial charge in [0, 0.05) is 0 Å². The molecule has 0 N–H and O–H groups in total. The SMILES string of the molecule is CC(C)c1ccc(S(=O)(=O)C(F)F)cc1. The van der Waals surface area contributed by atoms with Crippen LogP contribution >= 0.6 is 0 Å². The molecular weight excluding hydrogens is 222 g/mol. The highest BCUT2D eigenvalue weighted by Crippen LogP contribution is 2.21. The monoisotopic (exact) mass is 234 g/mol. The summed E-state index contributed by atoms with van der Waals surface area (Å²) in [7, 11) is -4.45. The maximum Gasteiger partial charge on any atom is 0.341 e. The molecule has 0 aliphatic rings. The van der Waals surface area contributed by atoms with Crippen LogP contribution in [0.1, 0.15) is 25.3 Å². The summed E-state index contributed by atoms with van der Waals surface area (Å²) in [4.78, 5) is -0.332. The molecule has 0 saturated carbocycles. The average Bonchev–Trinajstić information content (AvgIpc) is 2.17. The molecule has 0 atom stereocenters. The number of rotatable bonds is 3. The van der Waals surface area contributed by atoms with Crippen molar-refractivity contribution in [3.63, 3.8) is 0 Å². The summed E-state index contributed by atoms with van der Waals surface area (Å²) in [5.41, 5.74) is 0.920. The highest BCUT2D eigenvalue weighted by Gasteiger charge is 2.26. The lowest BCUT2D eigenvalue weighted by Gasteiger charge is -2.07. The molecule has 0 aliphatic carbocycles. The largest absolute Gasteiger partial charge is 0.341 e. The summed E-state index contributed by atoms with van der Waals surface area (Å²) in [5.74, 6) is -3.12. The van der Waals surface area contributed by atoms with Gasteiger partial charge in [-0.15, -0.1) is 0 Å². The van der Waals surface area contributed by atoms with Crippen LogP contribution in [0.5, 0.6) is 0 Å². The smallest absolute Gasteiger partial charge is 0.218 e. The minimum Gasteiger partial charge on any atom is -0.218 e. The second-order valence-corrected chi connectivity index (χ2v) is 5.45. The first-order valence-electron chi connectivity index (χ1n) is 4.47. The lowest BCUT2D eigenvalue weighted by molar-refractivity contribution is 0.234. The van der Waals surface area contributed by atoms with E-state index in [1.807, 2.05) is 13.8 Å². The van der Waals surface area contributed by atoms with Crippen molar-refractivity contribution in [3.8, 4) is 0 Å². The minimum atomic E-state index is -4.45. The standard InChI is InChI=1S/C10H12F2O2S/c1-7(2)8-3-5-9(6-4-8)15(13,14)10(11)12/h3-7,10H,1-2H3. The van der Waals surface area contributed by atoms with E-state index in [0.29, 0.717) is 0 Å². The van der Waals surface area contributed by atoms with Gasteiger partial charge < -0.3 is 0 Å². The molecule has 5 heteroatoms. The van der Waals surface area contributed by atoms with Crippen LogP contribution in [0.25, 0.3) is 0 Å². The Hall–Kier alpha value is -0.970. The Bertz CT molecular complexity index is 421. The van der Waals surface area contributed by atoms with E-state index in [9.17, 15) is 17.2 Å². The summed E-state index contributed by atoms with van der Waals surface area (Å²) in [6, 6.07) is 5.55. The maximum atomic E-state index is 12.2. The molecule has 0 aliphatic heterocycles. The maximum absolute atomic E-state index is 12.2. The molecule has 0 spiro atoms. The number of sulfone groups is 1. The molecule has 0 saturated heterocycles. The third-order valence-corrected chi connectivity index (χ3v) is 3.51. The number of hydrogen-bond donors (Lipinski definition) is 0. The number of alkyl halides is 2. The van der Waals surface area contributed by atoms with Gasteiger partial charge in [0.15, 0.2) is 0 Å². The van der Waals surface area contributed by atoms with Crippen LogP contribution in [0.15, 0.2) is 29.2 Å². The van der Waals surface area contributed by atoms with Gasteiger partial charge in [-0.3, -0.25) is 0 Å². The van der Waals surface area contributed by atoms with Gasteiger partial charge in [0.05, 0.1) is 4.90 Å². The van der Waals surface area contributed by atoms with Crippen molar-refractivity contribution >= 4 is 9.84 Å². The minimum absolute atomic E-state index is 0.244. The highest BCUT2D eigenvalue weighted by molar-refractivity contribution is 7.91. The molecule has 15 heavy (non-hydrogen) atoms. The van der Waals surface area contributed by atoms with Crippen molar-refractivity contribution in [2.24, 2.45) is 0 Å². The van der Waals surface area contributed by atoms with Crippen LogP contribution in [0.4, 0.5) is 8.78 Å². The Balaban J connectivity index is 3.10. The predicted molar refractivity (Wildman–Crippen MR) is 53.7 cm³/mol. The van der Waals surface area contributed by atoms with Crippen molar-refractivity contribution in [1.29, 1.82) is 0 Å². The van der Waals surface area contributed by atoms with Crippen LogP contribution in [0.2, 0.25) is 0 Å². The van der Waals surface area contributed by atoms with E-state index in [1.165, 1.54) is 12.1 Å². The fourth-order valence-corrected chi connectivity index (χ4v) is 1.87. The zero-order valence-corrected chi connectivity index (χ0v) is 9.26. The van der Waals surface area contributed by atoms with Gasteiger partial charge in [-0.1, -0.05) is 26.0 Å². The van der Waals surface area contributed by atoms with Crippen molar-refractivity contribution in [1.82, 2.24) is 0 Å². The van der Waals surface area contributed by atoms with Crippen LogP contribution in [0.3, 0.4) is 0 Å². The molecule has 0 fully saturated rings. The molecule has 2 nitrogen and oxygen atoms in total. The Morgan fingerprint density at radius 3 is 1.87 bits per heavy atom. The van der Waals surface area contributed by atoms with E-state index in [1.54, 1.807) is 12.1 Å². The Labute approximate surface area is 87.8 Å². The van der Waals surface area contributed by atoms with Crippen molar-refractivity contribution in [3.05, 3.63) is 29.8 Å². The van der Waals surface area contributed by atoms with E-state index >= 15 is 0 Å². The van der Waals surface area contributed by atoms with Gasteiger partial charge >= 0.3 is 5.76 Å². The van der Waals surface area contributed by atoms with E-state index in [4.69, 9.17) is 0 Å². The van der Waals surface area contributed by atoms with Gasteiger partial charge in [-0.05, 0) is 23.6 Å². The molecule has 0 bridgehead atoms. The first-order chi connectivity index (χ1) is 6.85. The zero-order chi connectivity index (χ0) is 11.6. The summed E-state index contributed by atoms with van der Waals surface area (Å²) in [6.45, 7) is 3.88. The molecule has 1 aromatic carbocycles. The molecule has 84 valence electrons. The fourth-order valence-electron chi connectivity index (χ4n) is 1.15. The van der Waals surface area contributed by atoms with E-state index in [0.717, 1.165) is 5.56 Å². The van der Waals surface area contributed by atoms with E-state index in [2.05, 4.69) is 0 Å². The van der Waals surface area contributed by atoms with E-state index in [-0.39, 0.29) is 10.8 Å². The molecule has 0 aromatic heterocycles. The summed E-state index contributed by atoms with van der Waals surface area (Å²) in [5, 5.41) is 0. The Morgan fingerprint density at radius 1 is 1.07 bits per heavy atom. The van der Waals surface area contributed by atoms with Crippen molar-refractivity contribution in [2.45, 2.75) is 30.4 Å². The van der Waals surface area contributed by atoms with Gasteiger partial charge in [0.1, 0.15) is 0 Å². The van der Waals surface area contributed by atoms with E-state index < -0.39 is 15.6 Å². The van der Waals surface area contributed by atoms with Gasteiger partial charge in [0.2, 0.25) is 9.84 Å². The first kappa shape index (κ1) is 12.1. The first-order valence-corrected chi connectivity index (χ1v) is 6.02. The quantitative estimate of drug-likeness (QED) is 0.805. The Morgan fingerprint density at radius 2 is 1.53 bits per heavy atom. The van der Waals surface area contributed by atoms with Gasteiger partial charge in [-0.25, -0.2) is 8.42 Å². The normalized spacial score (nSPS) is 12.4. The van der Waals surface area contributed by atoms with Crippen molar-refractivity contribution < 1.29 is 17.2 Å². The molecule has 0 heterocycles. The summed E-state index contributed by atoms with van der Waals surface area (Å²) >= 11 is 0. The highest BCUT2D eigenvalue weighted by atomic mass is 32.2. The molecule has 0 amide bonds. The van der Waals surface area contributed by atoms with Crippen LogP contribution in [0, 0.1) is 0 Å². The molecule has 0 unspecified atom stereocenters. The predicted octanol–water partition coefficient (Wildman–Crippen LogP) is 2.81. The Kier molecular flexibility index (Phi) is 3.44. The van der Waals surface area contributed by atoms with Gasteiger partial charge in [0.25, 0.3) is 0 Å². The fraction of sp³-hybridized carbons (Fsp3) is 0.400. The zero-order valence-electron chi connectivity index (χ0n) is 8.44. The molecule has 1 aromatic rings.